The number of nitrogens with zero attached hydrogens (tertiary/aromatic N) is 3. The largest absolute Gasteiger partial charge is 0.361 e. The first-order valence-corrected chi connectivity index (χ1v) is 10.8. The molecule has 1 aliphatic heterocycles. The van der Waals surface area contributed by atoms with E-state index in [9.17, 15) is 14.0 Å². The number of aromatic amines is 1. The Morgan fingerprint density at radius 1 is 1.28 bits per heavy atom. The van der Waals surface area contributed by atoms with E-state index in [-0.39, 0.29) is 24.2 Å². The Bertz CT molecular complexity index is 1150. The van der Waals surface area contributed by atoms with Crippen molar-refractivity contribution in [1.82, 2.24) is 25.6 Å². The van der Waals surface area contributed by atoms with Crippen LogP contribution in [0.1, 0.15) is 47.1 Å². The van der Waals surface area contributed by atoms with Crippen LogP contribution in [0, 0.1) is 11.2 Å². The molecule has 1 saturated carbocycles. The minimum atomic E-state index is -0.820. The number of rotatable bonds is 6. The summed E-state index contributed by atoms with van der Waals surface area (Å²) < 4.78 is 18.7. The third-order valence-electron chi connectivity index (χ3n) is 6.40. The molecule has 3 aromatic rings. The Morgan fingerprint density at radius 3 is 2.78 bits per heavy atom. The highest BCUT2D eigenvalue weighted by Gasteiger charge is 2.47. The van der Waals surface area contributed by atoms with Crippen LogP contribution < -0.4 is 5.32 Å². The lowest BCUT2D eigenvalue weighted by Crippen LogP contribution is -2.44. The number of hydrogen-bond donors (Lipinski definition) is 2. The number of amides is 2. The number of halogens is 1. The third-order valence-corrected chi connectivity index (χ3v) is 6.40. The summed E-state index contributed by atoms with van der Waals surface area (Å²) in [4.78, 5) is 27.6. The zero-order valence-electron chi connectivity index (χ0n) is 17.7. The predicted octanol–water partition coefficient (Wildman–Crippen LogP) is 2.90. The molecule has 0 spiro atoms. The van der Waals surface area contributed by atoms with E-state index in [0.717, 1.165) is 24.1 Å². The topological polar surface area (TPSA) is 104 Å². The SMILES string of the molecule is CNC(=O)C1(Cc2cc(-c3ccc(F)cc3)no2)CCN(C(=O)c2cc(C3CC3)[nH]n2)C1. The van der Waals surface area contributed by atoms with Gasteiger partial charge in [0.1, 0.15) is 23.0 Å². The van der Waals surface area contributed by atoms with Gasteiger partial charge in [-0.15, -0.1) is 0 Å². The van der Waals surface area contributed by atoms with E-state index in [1.165, 1.54) is 12.1 Å². The van der Waals surface area contributed by atoms with E-state index < -0.39 is 5.41 Å². The molecule has 1 unspecified atom stereocenters. The van der Waals surface area contributed by atoms with E-state index in [2.05, 4.69) is 20.7 Å². The molecule has 3 heterocycles. The predicted molar refractivity (Wildman–Crippen MR) is 113 cm³/mol. The highest BCUT2D eigenvalue weighted by molar-refractivity contribution is 5.94. The average molecular weight is 437 g/mol. The van der Waals surface area contributed by atoms with Crippen molar-refractivity contribution in [2.24, 2.45) is 5.41 Å². The number of likely N-dealkylation sites (tertiary alicyclic amines) is 1. The summed E-state index contributed by atoms with van der Waals surface area (Å²) in [6.45, 7) is 0.723. The van der Waals surface area contributed by atoms with E-state index >= 15 is 0 Å². The van der Waals surface area contributed by atoms with Crippen molar-refractivity contribution in [2.45, 2.75) is 31.6 Å². The summed E-state index contributed by atoms with van der Waals surface area (Å²) >= 11 is 0. The van der Waals surface area contributed by atoms with Crippen molar-refractivity contribution in [3.05, 3.63) is 59.4 Å². The van der Waals surface area contributed by atoms with Gasteiger partial charge < -0.3 is 14.7 Å². The van der Waals surface area contributed by atoms with Gasteiger partial charge in [-0.3, -0.25) is 14.7 Å². The lowest BCUT2D eigenvalue weighted by atomic mass is 9.81. The van der Waals surface area contributed by atoms with Gasteiger partial charge in [0.05, 0.1) is 5.41 Å². The Hall–Kier alpha value is -3.49. The zero-order chi connectivity index (χ0) is 22.3. The summed E-state index contributed by atoms with van der Waals surface area (Å²) in [5.74, 6) is 0.372. The minimum Gasteiger partial charge on any atom is -0.361 e. The molecule has 0 radical (unpaired) electrons. The monoisotopic (exact) mass is 437 g/mol. The second-order valence-electron chi connectivity index (χ2n) is 8.68. The molecule has 1 aliphatic carbocycles. The Balaban J connectivity index is 1.33. The highest BCUT2D eigenvalue weighted by atomic mass is 19.1. The van der Waals surface area contributed by atoms with Crippen LogP contribution in [0.4, 0.5) is 4.39 Å². The molecule has 1 aromatic carbocycles. The molecule has 1 atom stereocenters. The van der Waals surface area contributed by atoms with Crippen LogP contribution in [0.2, 0.25) is 0 Å². The molecule has 8 nitrogen and oxygen atoms in total. The molecule has 1 saturated heterocycles. The number of carbonyl (C=O) groups excluding carboxylic acids is 2. The summed E-state index contributed by atoms with van der Waals surface area (Å²) in [6.07, 6.45) is 3.05. The van der Waals surface area contributed by atoms with E-state index in [1.54, 1.807) is 30.1 Å². The summed E-state index contributed by atoms with van der Waals surface area (Å²) in [6, 6.07) is 9.56. The molecular formula is C23H24FN5O3. The number of aromatic nitrogens is 3. The van der Waals surface area contributed by atoms with Crippen LogP contribution in [0.5, 0.6) is 0 Å². The molecule has 5 rings (SSSR count). The van der Waals surface area contributed by atoms with Gasteiger partial charge in [-0.2, -0.15) is 5.10 Å². The van der Waals surface area contributed by atoms with Crippen molar-refractivity contribution in [2.75, 3.05) is 20.1 Å². The molecule has 2 aliphatic rings. The minimum absolute atomic E-state index is 0.145. The standard InChI is InChI=1S/C23H24FN5O3/c1-25-22(31)23(12-17-10-19(28-32-17)15-4-6-16(24)7-5-15)8-9-29(13-23)21(30)20-11-18(26-27-20)14-2-3-14/h4-7,10-11,14H,2-3,8-9,12-13H2,1H3,(H,25,31)(H,26,27). The Labute approximate surface area is 184 Å². The van der Waals surface area contributed by atoms with Crippen molar-refractivity contribution >= 4 is 11.8 Å². The van der Waals surface area contributed by atoms with Crippen LogP contribution in [0.15, 0.2) is 40.9 Å². The van der Waals surface area contributed by atoms with Crippen LogP contribution in [-0.4, -0.2) is 52.2 Å². The van der Waals surface area contributed by atoms with Crippen LogP contribution in [-0.2, 0) is 11.2 Å². The number of benzene rings is 1. The van der Waals surface area contributed by atoms with Crippen molar-refractivity contribution < 1.29 is 18.5 Å². The Kier molecular flexibility index (Phi) is 5.03. The quantitative estimate of drug-likeness (QED) is 0.617. The maximum absolute atomic E-state index is 13.2. The molecule has 2 N–H and O–H groups in total. The molecule has 9 heteroatoms. The van der Waals surface area contributed by atoms with Gasteiger partial charge in [-0.05, 0) is 49.6 Å². The number of H-pyrrole nitrogens is 1. The maximum Gasteiger partial charge on any atom is 0.274 e. The fourth-order valence-corrected chi connectivity index (χ4v) is 4.42. The first-order chi connectivity index (χ1) is 15.5. The smallest absolute Gasteiger partial charge is 0.274 e. The molecule has 0 bridgehead atoms. The molecule has 2 aromatic heterocycles. The summed E-state index contributed by atoms with van der Waals surface area (Å²) in [5, 5.41) is 14.0. The van der Waals surface area contributed by atoms with Gasteiger partial charge in [-0.25, -0.2) is 4.39 Å². The van der Waals surface area contributed by atoms with Crippen molar-refractivity contribution in [3.8, 4) is 11.3 Å². The highest BCUT2D eigenvalue weighted by Crippen LogP contribution is 2.40. The average Bonchev–Trinajstić information content (AvgIpc) is 3.19. The van der Waals surface area contributed by atoms with Crippen molar-refractivity contribution in [3.63, 3.8) is 0 Å². The normalized spacial score (nSPS) is 20.5. The second kappa shape index (κ2) is 7.89. The third kappa shape index (κ3) is 3.79. The van der Waals surface area contributed by atoms with Gasteiger partial charge in [0, 0.05) is 49.8 Å². The summed E-state index contributed by atoms with van der Waals surface area (Å²) in [5.41, 5.74) is 1.86. The van der Waals surface area contributed by atoms with Crippen LogP contribution in [0.3, 0.4) is 0 Å². The first kappa shape index (κ1) is 20.4. The molecular weight excluding hydrogens is 413 g/mol. The molecule has 166 valence electrons. The van der Waals surface area contributed by atoms with Crippen LogP contribution >= 0.6 is 0 Å². The zero-order valence-corrected chi connectivity index (χ0v) is 17.7. The second-order valence-corrected chi connectivity index (χ2v) is 8.68. The molecule has 32 heavy (non-hydrogen) atoms. The van der Waals surface area contributed by atoms with Gasteiger partial charge in [0.2, 0.25) is 5.91 Å². The Morgan fingerprint density at radius 2 is 2.06 bits per heavy atom. The molecule has 2 amide bonds. The lowest BCUT2D eigenvalue weighted by Gasteiger charge is -2.26. The lowest BCUT2D eigenvalue weighted by molar-refractivity contribution is -0.130. The molecule has 2 fully saturated rings. The summed E-state index contributed by atoms with van der Waals surface area (Å²) in [7, 11) is 1.59. The maximum atomic E-state index is 13.2. The number of hydrogen-bond acceptors (Lipinski definition) is 5. The van der Waals surface area contributed by atoms with Crippen LogP contribution in [0.25, 0.3) is 11.3 Å². The van der Waals surface area contributed by atoms with Crippen molar-refractivity contribution in [1.29, 1.82) is 0 Å². The van der Waals surface area contributed by atoms with E-state index in [4.69, 9.17) is 4.52 Å². The fourth-order valence-electron chi connectivity index (χ4n) is 4.42. The van der Waals surface area contributed by atoms with Gasteiger partial charge >= 0.3 is 0 Å². The van der Waals surface area contributed by atoms with E-state index in [0.29, 0.717) is 42.5 Å². The first-order valence-electron chi connectivity index (χ1n) is 10.8. The van der Waals surface area contributed by atoms with Gasteiger partial charge in [-0.1, -0.05) is 5.16 Å². The van der Waals surface area contributed by atoms with Gasteiger partial charge in [0.15, 0.2) is 0 Å². The van der Waals surface area contributed by atoms with Gasteiger partial charge in [0.25, 0.3) is 5.91 Å². The fraction of sp³-hybridized carbons (Fsp3) is 0.391. The number of carbonyl (C=O) groups is 2. The van der Waals surface area contributed by atoms with E-state index in [1.807, 2.05) is 6.07 Å². The number of nitrogens with one attached hydrogen (secondary N) is 2.